The van der Waals surface area contributed by atoms with E-state index in [-0.39, 0.29) is 20.9 Å². The average molecular weight is 350 g/mol. The Morgan fingerprint density at radius 3 is 2.48 bits per heavy atom. The molecular formula is C13H13Cl3N3O2-. The van der Waals surface area contributed by atoms with Gasteiger partial charge in [-0.05, 0) is 31.6 Å². The van der Waals surface area contributed by atoms with Crippen LogP contribution < -0.4 is 10.5 Å². The molecule has 0 saturated heterocycles. The fourth-order valence-electron chi connectivity index (χ4n) is 2.09. The van der Waals surface area contributed by atoms with Crippen molar-refractivity contribution in [3.8, 4) is 0 Å². The maximum Gasteiger partial charge on any atom is 0.150 e. The molecule has 1 aromatic heterocycles. The van der Waals surface area contributed by atoms with Gasteiger partial charge in [0, 0.05) is 5.71 Å². The Labute approximate surface area is 137 Å². The number of carbonyl (C=O) groups excluding carboxylic acids is 1. The van der Waals surface area contributed by atoms with Crippen LogP contribution >= 0.6 is 34.8 Å². The molecule has 1 aromatic rings. The van der Waals surface area contributed by atoms with E-state index in [1.54, 1.807) is 0 Å². The van der Waals surface area contributed by atoms with Crippen LogP contribution in [0, 0.1) is 5.92 Å². The van der Waals surface area contributed by atoms with Crippen LogP contribution in [0.5, 0.6) is 0 Å². The highest BCUT2D eigenvalue weighted by atomic mass is 35.5. The summed E-state index contributed by atoms with van der Waals surface area (Å²) in [7, 11) is 0. The summed E-state index contributed by atoms with van der Waals surface area (Å²) in [5, 5.41) is 14.9. The molecule has 1 saturated carbocycles. The number of aromatic nitrogens is 1. The first-order chi connectivity index (χ1) is 9.90. The maximum absolute atomic E-state index is 11.0. The Morgan fingerprint density at radius 2 is 1.90 bits per heavy atom. The summed E-state index contributed by atoms with van der Waals surface area (Å²) in [5.74, 6) is -0.836. The van der Waals surface area contributed by atoms with Gasteiger partial charge in [0.25, 0.3) is 0 Å². The highest BCUT2D eigenvalue weighted by Crippen LogP contribution is 2.36. The first kappa shape index (κ1) is 16.3. The topological polar surface area (TPSA) is 77.4 Å². The number of rotatable bonds is 3. The van der Waals surface area contributed by atoms with Crippen molar-refractivity contribution in [2.45, 2.75) is 32.6 Å². The molecule has 114 valence electrons. The quantitative estimate of drug-likeness (QED) is 0.670. The van der Waals surface area contributed by atoms with E-state index in [9.17, 15) is 9.90 Å². The molecule has 0 aromatic carbocycles. The minimum atomic E-state index is -1.53. The van der Waals surface area contributed by atoms with Crippen molar-refractivity contribution in [3.05, 3.63) is 20.9 Å². The molecule has 0 bridgehead atoms. The van der Waals surface area contributed by atoms with E-state index < -0.39 is 11.7 Å². The molecule has 1 heterocycles. The summed E-state index contributed by atoms with van der Waals surface area (Å²) < 4.78 is 0. The number of carbonyl (C=O) groups is 1. The number of carboxylic acids is 1. The minimum Gasteiger partial charge on any atom is -0.543 e. The largest absolute Gasteiger partial charge is 0.543 e. The molecule has 0 spiro atoms. The Hall–Kier alpha value is -1.04. The van der Waals surface area contributed by atoms with Crippen molar-refractivity contribution in [3.63, 3.8) is 0 Å². The zero-order valence-electron chi connectivity index (χ0n) is 11.3. The van der Waals surface area contributed by atoms with E-state index in [2.05, 4.69) is 22.4 Å². The summed E-state index contributed by atoms with van der Waals surface area (Å²) >= 11 is 17.8. The number of hydrogen-bond acceptors (Lipinski definition) is 5. The van der Waals surface area contributed by atoms with Crippen molar-refractivity contribution in [1.29, 1.82) is 0 Å². The third kappa shape index (κ3) is 3.78. The number of pyridine rings is 1. The third-order valence-electron chi connectivity index (χ3n) is 3.41. The van der Waals surface area contributed by atoms with Gasteiger partial charge in [-0.3, -0.25) is 5.43 Å². The van der Waals surface area contributed by atoms with Crippen molar-refractivity contribution < 1.29 is 9.90 Å². The number of hydrogen-bond donors (Lipinski definition) is 1. The van der Waals surface area contributed by atoms with E-state index in [1.165, 1.54) is 0 Å². The predicted molar refractivity (Wildman–Crippen MR) is 82.3 cm³/mol. The lowest BCUT2D eigenvalue weighted by Gasteiger charge is -2.19. The van der Waals surface area contributed by atoms with E-state index in [0.29, 0.717) is 5.92 Å². The Balaban J connectivity index is 2.27. The first-order valence-electron chi connectivity index (χ1n) is 6.47. The van der Waals surface area contributed by atoms with E-state index in [0.717, 1.165) is 31.4 Å². The number of carboxylic acid groups (broad SMARTS) is 1. The normalized spacial score (nSPS) is 18.5. The number of halogens is 3. The van der Waals surface area contributed by atoms with Crippen LogP contribution in [0.1, 0.15) is 43.1 Å². The van der Waals surface area contributed by atoms with Crippen LogP contribution in [0.25, 0.3) is 0 Å². The lowest BCUT2D eigenvalue weighted by molar-refractivity contribution is -0.255. The molecule has 1 fully saturated rings. The van der Waals surface area contributed by atoms with Gasteiger partial charge < -0.3 is 9.90 Å². The van der Waals surface area contributed by atoms with Crippen molar-refractivity contribution in [1.82, 2.24) is 4.98 Å². The Morgan fingerprint density at radius 1 is 1.29 bits per heavy atom. The average Bonchev–Trinajstić information content (AvgIpc) is 2.44. The molecule has 0 atom stereocenters. The van der Waals surface area contributed by atoms with Crippen LogP contribution in [-0.2, 0) is 0 Å². The zero-order chi connectivity index (χ0) is 15.6. The van der Waals surface area contributed by atoms with Gasteiger partial charge in [0.1, 0.15) is 10.7 Å². The first-order valence-corrected chi connectivity index (χ1v) is 7.60. The van der Waals surface area contributed by atoms with Gasteiger partial charge in [0.2, 0.25) is 0 Å². The molecule has 1 N–H and O–H groups in total. The van der Waals surface area contributed by atoms with Gasteiger partial charge in [0.05, 0.1) is 16.7 Å². The smallest absolute Gasteiger partial charge is 0.150 e. The second-order valence-corrected chi connectivity index (χ2v) is 6.13. The lowest BCUT2D eigenvalue weighted by atomic mass is 9.90. The fraction of sp³-hybridized carbons (Fsp3) is 0.462. The second kappa shape index (κ2) is 6.81. The molecule has 2 rings (SSSR count). The van der Waals surface area contributed by atoms with Crippen LogP contribution in [0.2, 0.25) is 15.2 Å². The molecule has 5 nitrogen and oxygen atoms in total. The van der Waals surface area contributed by atoms with Gasteiger partial charge in [-0.25, -0.2) is 4.98 Å². The molecule has 1 aliphatic rings. The number of hydrazone groups is 1. The summed E-state index contributed by atoms with van der Waals surface area (Å²) in [6, 6.07) is 0. The highest BCUT2D eigenvalue weighted by Gasteiger charge is 2.18. The van der Waals surface area contributed by atoms with Gasteiger partial charge in [-0.2, -0.15) is 5.10 Å². The number of nitrogens with zero attached hydrogens (tertiary/aromatic N) is 2. The van der Waals surface area contributed by atoms with Crippen LogP contribution in [0.15, 0.2) is 5.10 Å². The predicted octanol–water partition coefficient (Wildman–Crippen LogP) is 3.38. The summed E-state index contributed by atoms with van der Waals surface area (Å²) in [5.41, 5.74) is 3.36. The van der Waals surface area contributed by atoms with Gasteiger partial charge in [0.15, 0.2) is 5.15 Å². The third-order valence-corrected chi connectivity index (χ3v) is 4.51. The molecule has 0 amide bonds. The van der Waals surface area contributed by atoms with Crippen molar-refractivity contribution >= 4 is 52.2 Å². The monoisotopic (exact) mass is 348 g/mol. The molecule has 0 unspecified atom stereocenters. The minimum absolute atomic E-state index is 0.0280. The SMILES string of the molecule is CC1CCC(=NNc2c(Cl)c(Cl)nc(C(=O)[O-])c2Cl)CC1. The van der Waals surface area contributed by atoms with E-state index in [4.69, 9.17) is 34.8 Å². The van der Waals surface area contributed by atoms with Crippen molar-refractivity contribution in [2.24, 2.45) is 11.0 Å². The van der Waals surface area contributed by atoms with Crippen molar-refractivity contribution in [2.75, 3.05) is 5.43 Å². The number of aromatic carboxylic acids is 1. The van der Waals surface area contributed by atoms with Gasteiger partial charge in [-0.1, -0.05) is 41.7 Å². The summed E-state index contributed by atoms with van der Waals surface area (Å²) in [6.07, 6.45) is 3.91. The summed E-state index contributed by atoms with van der Waals surface area (Å²) in [6.45, 7) is 2.20. The molecule has 8 heteroatoms. The Bertz CT molecular complexity index is 595. The lowest BCUT2D eigenvalue weighted by Crippen LogP contribution is -2.24. The van der Waals surface area contributed by atoms with Gasteiger partial charge in [-0.15, -0.1) is 0 Å². The van der Waals surface area contributed by atoms with Crippen LogP contribution in [0.3, 0.4) is 0 Å². The molecule has 1 aliphatic carbocycles. The van der Waals surface area contributed by atoms with Crippen LogP contribution in [-0.4, -0.2) is 16.7 Å². The number of anilines is 1. The molecule has 0 radical (unpaired) electrons. The molecule has 0 aliphatic heterocycles. The van der Waals surface area contributed by atoms with Crippen LogP contribution in [0.4, 0.5) is 5.69 Å². The van der Waals surface area contributed by atoms with E-state index >= 15 is 0 Å². The molecule has 21 heavy (non-hydrogen) atoms. The zero-order valence-corrected chi connectivity index (χ0v) is 13.5. The number of nitrogens with one attached hydrogen (secondary N) is 1. The summed E-state index contributed by atoms with van der Waals surface area (Å²) in [4.78, 5) is 14.5. The second-order valence-electron chi connectivity index (χ2n) is 5.01. The molecular weight excluding hydrogens is 337 g/mol. The Kier molecular flexibility index (Phi) is 5.30. The standard InChI is InChI=1S/C13H14Cl3N3O2/c1-6-2-4-7(5-3-6)18-19-10-8(14)11(13(20)21)17-12(16)9(10)15/h6H,2-5H2,1H3,(H,17,19)(H,20,21)/p-1. The van der Waals surface area contributed by atoms with Gasteiger partial charge >= 0.3 is 0 Å². The highest BCUT2D eigenvalue weighted by molar-refractivity contribution is 6.46. The fourth-order valence-corrected chi connectivity index (χ4v) is 2.75. The van der Waals surface area contributed by atoms with E-state index in [1.807, 2.05) is 0 Å². The maximum atomic E-state index is 11.0.